The zero-order valence-corrected chi connectivity index (χ0v) is 10.00. The Morgan fingerprint density at radius 1 is 1.60 bits per heavy atom. The minimum Gasteiger partial charge on any atom is -0.316 e. The summed E-state index contributed by atoms with van der Waals surface area (Å²) in [4.78, 5) is 0. The first-order valence-electron chi connectivity index (χ1n) is 5.46. The van der Waals surface area contributed by atoms with Crippen molar-refractivity contribution in [3.63, 3.8) is 0 Å². The Hall–Kier alpha value is -0.620. The summed E-state index contributed by atoms with van der Waals surface area (Å²) < 4.78 is 1.97. The molecule has 1 aliphatic rings. The maximum absolute atomic E-state index is 4.06. The molecule has 1 saturated carbocycles. The third kappa shape index (κ3) is 2.92. The normalized spacial score (nSPS) is 18.0. The Kier molecular flexibility index (Phi) is 3.58. The van der Waals surface area contributed by atoms with Gasteiger partial charge in [-0.2, -0.15) is 0 Å². The van der Waals surface area contributed by atoms with Crippen LogP contribution < -0.4 is 5.32 Å². The van der Waals surface area contributed by atoms with E-state index in [-0.39, 0.29) is 0 Å². The molecule has 1 aromatic heterocycles. The summed E-state index contributed by atoms with van der Waals surface area (Å²) in [5, 5.41) is 16.6. The number of rotatable bonds is 6. The third-order valence-corrected chi connectivity index (χ3v) is 3.39. The summed E-state index contributed by atoms with van der Waals surface area (Å²) >= 11 is 1.75. The molecule has 1 N–H and O–H groups in total. The summed E-state index contributed by atoms with van der Waals surface area (Å²) in [7, 11) is 0. The van der Waals surface area contributed by atoms with E-state index < -0.39 is 0 Å². The van der Waals surface area contributed by atoms with E-state index in [9.17, 15) is 0 Å². The highest BCUT2D eigenvalue weighted by atomic mass is 32.2. The maximum atomic E-state index is 4.06. The van der Waals surface area contributed by atoms with Gasteiger partial charge in [-0.1, -0.05) is 25.6 Å². The van der Waals surface area contributed by atoms with Crippen molar-refractivity contribution in [2.45, 2.75) is 43.1 Å². The van der Waals surface area contributed by atoms with Crippen molar-refractivity contribution >= 4 is 11.8 Å². The number of thioether (sulfide) groups is 1. The summed E-state index contributed by atoms with van der Waals surface area (Å²) in [6.07, 6.45) is 2.44. The van der Waals surface area contributed by atoms with Crippen LogP contribution in [0.5, 0.6) is 0 Å². The van der Waals surface area contributed by atoms with E-state index in [0.29, 0.717) is 11.3 Å². The summed E-state index contributed by atoms with van der Waals surface area (Å²) in [5.41, 5.74) is 0. The third-order valence-electron chi connectivity index (χ3n) is 2.34. The van der Waals surface area contributed by atoms with Crippen molar-refractivity contribution in [3.8, 4) is 0 Å². The molecular weight excluding hydrogens is 210 g/mol. The van der Waals surface area contributed by atoms with Crippen LogP contribution in [-0.4, -0.2) is 38.5 Å². The minimum atomic E-state index is 0.508. The highest BCUT2D eigenvalue weighted by molar-refractivity contribution is 7.99. The Morgan fingerprint density at radius 2 is 2.40 bits per heavy atom. The molecule has 15 heavy (non-hydrogen) atoms. The lowest BCUT2D eigenvalue weighted by Gasteiger charge is -2.10. The molecule has 0 aromatic carbocycles. The molecule has 1 aromatic rings. The van der Waals surface area contributed by atoms with Gasteiger partial charge in [0.1, 0.15) is 0 Å². The van der Waals surface area contributed by atoms with Crippen molar-refractivity contribution in [2.75, 3.05) is 13.1 Å². The quantitative estimate of drug-likeness (QED) is 0.737. The SMILES string of the molecule is CCNCC(C)Sc1nnnn1C1CC1. The van der Waals surface area contributed by atoms with E-state index >= 15 is 0 Å². The van der Waals surface area contributed by atoms with Crippen LogP contribution in [0.3, 0.4) is 0 Å². The van der Waals surface area contributed by atoms with E-state index in [0.717, 1.165) is 18.2 Å². The zero-order valence-electron chi connectivity index (χ0n) is 9.18. The van der Waals surface area contributed by atoms with Gasteiger partial charge in [-0.05, 0) is 29.8 Å². The molecule has 0 spiro atoms. The van der Waals surface area contributed by atoms with Crippen molar-refractivity contribution in [1.82, 2.24) is 25.5 Å². The van der Waals surface area contributed by atoms with E-state index in [1.54, 1.807) is 11.8 Å². The van der Waals surface area contributed by atoms with Gasteiger partial charge in [0.2, 0.25) is 5.16 Å². The van der Waals surface area contributed by atoms with Crippen molar-refractivity contribution in [3.05, 3.63) is 0 Å². The number of nitrogens with one attached hydrogen (secondary N) is 1. The van der Waals surface area contributed by atoms with E-state index in [4.69, 9.17) is 0 Å². The molecule has 1 heterocycles. The lowest BCUT2D eigenvalue weighted by molar-refractivity contribution is 0.564. The van der Waals surface area contributed by atoms with Crippen LogP contribution in [0, 0.1) is 0 Å². The fourth-order valence-electron chi connectivity index (χ4n) is 1.38. The number of hydrogen-bond donors (Lipinski definition) is 1. The van der Waals surface area contributed by atoms with Gasteiger partial charge in [-0.3, -0.25) is 0 Å². The van der Waals surface area contributed by atoms with Crippen LogP contribution in [0.15, 0.2) is 5.16 Å². The summed E-state index contributed by atoms with van der Waals surface area (Å²) in [6.45, 7) is 6.32. The van der Waals surface area contributed by atoms with E-state index in [2.05, 4.69) is 34.7 Å². The van der Waals surface area contributed by atoms with Gasteiger partial charge in [-0.15, -0.1) is 5.10 Å². The number of nitrogens with zero attached hydrogens (tertiary/aromatic N) is 4. The second-order valence-corrected chi connectivity index (χ2v) is 5.28. The molecule has 2 rings (SSSR count). The molecule has 84 valence electrons. The lowest BCUT2D eigenvalue weighted by Crippen LogP contribution is -2.22. The molecule has 0 amide bonds. The van der Waals surface area contributed by atoms with Gasteiger partial charge < -0.3 is 5.32 Å². The fraction of sp³-hybridized carbons (Fsp3) is 0.889. The first-order chi connectivity index (χ1) is 7.31. The molecule has 0 bridgehead atoms. The molecule has 0 aliphatic heterocycles. The molecule has 1 atom stereocenters. The van der Waals surface area contributed by atoms with Crippen LogP contribution in [-0.2, 0) is 0 Å². The van der Waals surface area contributed by atoms with Crippen LogP contribution >= 0.6 is 11.8 Å². The summed E-state index contributed by atoms with van der Waals surface area (Å²) in [6, 6.07) is 0.564. The van der Waals surface area contributed by atoms with Crippen LogP contribution in [0.25, 0.3) is 0 Å². The molecule has 1 fully saturated rings. The summed E-state index contributed by atoms with van der Waals surface area (Å²) in [5.74, 6) is 0. The number of aromatic nitrogens is 4. The largest absolute Gasteiger partial charge is 0.316 e. The molecule has 6 heteroatoms. The Bertz CT molecular complexity index is 309. The molecular formula is C9H17N5S. The first kappa shape index (κ1) is 10.9. The Balaban J connectivity index is 1.88. The highest BCUT2D eigenvalue weighted by Gasteiger charge is 2.28. The van der Waals surface area contributed by atoms with Gasteiger partial charge in [0.05, 0.1) is 6.04 Å². The van der Waals surface area contributed by atoms with Crippen LogP contribution in [0.1, 0.15) is 32.7 Å². The standard InChI is InChI=1S/C9H17N5S/c1-3-10-6-7(2)15-9-11-12-13-14(9)8-4-5-8/h7-8,10H,3-6H2,1-2H3. The predicted molar refractivity (Wildman–Crippen MR) is 60.0 cm³/mol. The van der Waals surface area contributed by atoms with Gasteiger partial charge in [0, 0.05) is 11.8 Å². The number of hydrogen-bond acceptors (Lipinski definition) is 5. The second-order valence-electron chi connectivity index (χ2n) is 3.87. The first-order valence-corrected chi connectivity index (χ1v) is 6.34. The average Bonchev–Trinajstić information content (AvgIpc) is 2.97. The van der Waals surface area contributed by atoms with Crippen molar-refractivity contribution in [1.29, 1.82) is 0 Å². The van der Waals surface area contributed by atoms with Crippen molar-refractivity contribution in [2.24, 2.45) is 0 Å². The van der Waals surface area contributed by atoms with E-state index in [1.807, 2.05) is 4.68 Å². The van der Waals surface area contributed by atoms with E-state index in [1.165, 1.54) is 12.8 Å². The molecule has 5 nitrogen and oxygen atoms in total. The molecule has 0 saturated heterocycles. The van der Waals surface area contributed by atoms with Gasteiger partial charge >= 0.3 is 0 Å². The highest BCUT2D eigenvalue weighted by Crippen LogP contribution is 2.36. The Morgan fingerprint density at radius 3 is 3.07 bits per heavy atom. The lowest BCUT2D eigenvalue weighted by atomic mass is 10.5. The Labute approximate surface area is 94.0 Å². The zero-order chi connectivity index (χ0) is 10.7. The van der Waals surface area contributed by atoms with Crippen LogP contribution in [0.2, 0.25) is 0 Å². The monoisotopic (exact) mass is 227 g/mol. The second kappa shape index (κ2) is 4.94. The minimum absolute atomic E-state index is 0.508. The molecule has 0 radical (unpaired) electrons. The topological polar surface area (TPSA) is 55.6 Å². The smallest absolute Gasteiger partial charge is 0.209 e. The maximum Gasteiger partial charge on any atom is 0.209 e. The fourth-order valence-corrected chi connectivity index (χ4v) is 2.32. The van der Waals surface area contributed by atoms with Crippen LogP contribution in [0.4, 0.5) is 0 Å². The van der Waals surface area contributed by atoms with Gasteiger partial charge in [0.15, 0.2) is 0 Å². The number of tetrazole rings is 1. The van der Waals surface area contributed by atoms with Gasteiger partial charge in [0.25, 0.3) is 0 Å². The predicted octanol–water partition coefficient (Wildman–Crippen LogP) is 1.10. The van der Waals surface area contributed by atoms with Crippen molar-refractivity contribution < 1.29 is 0 Å². The molecule has 1 unspecified atom stereocenters. The molecule has 1 aliphatic carbocycles. The average molecular weight is 227 g/mol. The van der Waals surface area contributed by atoms with Gasteiger partial charge in [-0.25, -0.2) is 4.68 Å².